The third-order valence-corrected chi connectivity index (χ3v) is 3.84. The molecule has 0 unspecified atom stereocenters. The number of rotatable bonds is 2. The molecule has 4 rings (SSSR count). The summed E-state index contributed by atoms with van der Waals surface area (Å²) in [6.45, 7) is 3.29. The maximum absolute atomic E-state index is 6.03. The Labute approximate surface area is 131 Å². The van der Waals surface area contributed by atoms with Crippen molar-refractivity contribution in [2.45, 2.75) is 0 Å². The van der Waals surface area contributed by atoms with Crippen LogP contribution < -0.4 is 9.80 Å². The molecule has 0 amide bonds. The van der Waals surface area contributed by atoms with Crippen molar-refractivity contribution in [1.82, 2.24) is 29.9 Å². The van der Waals surface area contributed by atoms with Crippen LogP contribution in [0.5, 0.6) is 0 Å². The molecule has 1 saturated heterocycles. The largest absolute Gasteiger partial charge is 0.353 e. The average molecular weight is 317 g/mol. The van der Waals surface area contributed by atoms with Gasteiger partial charge in [0.1, 0.15) is 12.1 Å². The van der Waals surface area contributed by atoms with Gasteiger partial charge < -0.3 is 14.8 Å². The highest BCUT2D eigenvalue weighted by atomic mass is 35.5. The zero-order chi connectivity index (χ0) is 14.9. The fourth-order valence-electron chi connectivity index (χ4n) is 2.60. The van der Waals surface area contributed by atoms with Gasteiger partial charge in [-0.3, -0.25) is 0 Å². The number of aromatic nitrogens is 6. The Kier molecular flexibility index (Phi) is 3.23. The maximum Gasteiger partial charge on any atom is 0.225 e. The van der Waals surface area contributed by atoms with Gasteiger partial charge >= 0.3 is 0 Å². The average Bonchev–Trinajstić information content (AvgIpc) is 3.03. The molecule has 0 spiro atoms. The Morgan fingerprint density at radius 3 is 2.45 bits per heavy atom. The molecule has 112 valence electrons. The number of fused-ring (bicyclic) bond motifs is 1. The van der Waals surface area contributed by atoms with Gasteiger partial charge in [0.05, 0.1) is 0 Å². The van der Waals surface area contributed by atoms with Crippen molar-refractivity contribution in [3.63, 3.8) is 0 Å². The highest BCUT2D eigenvalue weighted by Gasteiger charge is 2.24. The molecule has 0 atom stereocenters. The Balaban J connectivity index is 1.55. The summed E-state index contributed by atoms with van der Waals surface area (Å²) in [6, 6.07) is 1.82. The maximum atomic E-state index is 6.03. The van der Waals surface area contributed by atoms with E-state index >= 15 is 0 Å². The number of aromatic amines is 1. The molecule has 1 fully saturated rings. The number of H-pyrrole nitrogens is 1. The van der Waals surface area contributed by atoms with E-state index in [1.807, 2.05) is 6.07 Å². The Morgan fingerprint density at radius 2 is 1.68 bits per heavy atom. The number of anilines is 2. The smallest absolute Gasteiger partial charge is 0.225 e. The summed E-state index contributed by atoms with van der Waals surface area (Å²) in [4.78, 5) is 28.5. The van der Waals surface area contributed by atoms with Crippen LogP contribution in [-0.4, -0.2) is 56.1 Å². The molecule has 0 aliphatic carbocycles. The van der Waals surface area contributed by atoms with E-state index in [-0.39, 0.29) is 0 Å². The van der Waals surface area contributed by atoms with Crippen molar-refractivity contribution in [3.05, 3.63) is 30.1 Å². The minimum Gasteiger partial charge on any atom is -0.353 e. The van der Waals surface area contributed by atoms with Gasteiger partial charge in [0.25, 0.3) is 0 Å². The second kappa shape index (κ2) is 5.38. The van der Waals surface area contributed by atoms with Crippen LogP contribution >= 0.6 is 11.6 Å². The molecule has 0 bridgehead atoms. The first-order valence-electron chi connectivity index (χ1n) is 6.94. The molecule has 1 aromatic heterocycles. The van der Waals surface area contributed by atoms with Crippen molar-refractivity contribution in [1.29, 1.82) is 0 Å². The number of imidazole rings is 1. The predicted octanol–water partition coefficient (Wildman–Crippen LogP) is 1.07. The lowest BCUT2D eigenvalue weighted by molar-refractivity contribution is 0.634. The number of hydrogen-bond acceptors (Lipinski definition) is 7. The van der Waals surface area contributed by atoms with Gasteiger partial charge in [-0.1, -0.05) is 0 Å². The highest BCUT2D eigenvalue weighted by Crippen LogP contribution is 2.28. The Hall–Kier alpha value is -2.48. The summed E-state index contributed by atoms with van der Waals surface area (Å²) in [5, 5.41) is 0.317. The zero-order valence-corrected chi connectivity index (χ0v) is 12.4. The van der Waals surface area contributed by atoms with E-state index in [2.05, 4.69) is 39.7 Å². The minimum atomic E-state index is 0.317. The topological polar surface area (TPSA) is 86.7 Å². The standard InChI is InChI=1S/C13H13ClN8/c14-12-19-10-9(17-8-18-10)11(20-12)21-4-6-22(7-5-21)13-15-2-1-3-16-13/h1-3,8H,4-7H2,(H,17,18,19,20). The van der Waals surface area contributed by atoms with Crippen LogP contribution in [-0.2, 0) is 0 Å². The number of nitrogens with one attached hydrogen (secondary N) is 1. The van der Waals surface area contributed by atoms with Gasteiger partial charge in [0.2, 0.25) is 11.2 Å². The summed E-state index contributed by atoms with van der Waals surface area (Å²) in [7, 11) is 0. The number of nitrogens with zero attached hydrogens (tertiary/aromatic N) is 7. The van der Waals surface area contributed by atoms with Gasteiger partial charge in [-0.15, -0.1) is 0 Å². The molecule has 0 radical (unpaired) electrons. The molecule has 1 N–H and O–H groups in total. The number of piperazine rings is 1. The zero-order valence-electron chi connectivity index (χ0n) is 11.6. The van der Waals surface area contributed by atoms with Crippen LogP contribution in [0.1, 0.15) is 0 Å². The van der Waals surface area contributed by atoms with Gasteiger partial charge in [0, 0.05) is 38.6 Å². The Morgan fingerprint density at radius 1 is 0.955 bits per heavy atom. The number of hydrogen-bond donors (Lipinski definition) is 1. The third kappa shape index (κ3) is 2.31. The lowest BCUT2D eigenvalue weighted by Crippen LogP contribution is -2.47. The van der Waals surface area contributed by atoms with Crippen LogP contribution in [0.15, 0.2) is 24.8 Å². The van der Waals surface area contributed by atoms with Gasteiger partial charge in [-0.2, -0.15) is 4.98 Å². The molecule has 1 aromatic rings. The summed E-state index contributed by atoms with van der Waals surface area (Å²) in [5.41, 5.74) is 0.744. The monoisotopic (exact) mass is 316 g/mol. The molecule has 0 saturated carbocycles. The quantitative estimate of drug-likeness (QED) is 0.708. The van der Waals surface area contributed by atoms with Crippen molar-refractivity contribution >= 4 is 23.4 Å². The van der Waals surface area contributed by atoms with Crippen molar-refractivity contribution in [3.8, 4) is 11.5 Å². The molecule has 0 aromatic carbocycles. The first kappa shape index (κ1) is 13.2. The van der Waals surface area contributed by atoms with E-state index in [4.69, 9.17) is 11.6 Å². The molecule has 3 aliphatic heterocycles. The first-order valence-corrected chi connectivity index (χ1v) is 7.32. The van der Waals surface area contributed by atoms with Gasteiger partial charge in [-0.05, 0) is 17.7 Å². The van der Waals surface area contributed by atoms with E-state index in [9.17, 15) is 0 Å². The van der Waals surface area contributed by atoms with E-state index in [0.29, 0.717) is 11.1 Å². The summed E-state index contributed by atoms with van der Waals surface area (Å²) < 4.78 is 0. The van der Waals surface area contributed by atoms with E-state index < -0.39 is 0 Å². The SMILES string of the molecule is Clc1nc2ncnc-2c(N2CCN(c3ncccn3)CC2)[nH]1. The molecule has 4 heterocycles. The van der Waals surface area contributed by atoms with Crippen LogP contribution in [0.25, 0.3) is 11.5 Å². The number of halogens is 1. The second-order valence-electron chi connectivity index (χ2n) is 4.94. The normalized spacial score (nSPS) is 15.5. The molecule has 3 aliphatic rings. The predicted molar refractivity (Wildman–Crippen MR) is 82.3 cm³/mol. The van der Waals surface area contributed by atoms with Crippen LogP contribution in [0.4, 0.5) is 11.8 Å². The summed E-state index contributed by atoms with van der Waals surface area (Å²) in [5.74, 6) is 2.19. The summed E-state index contributed by atoms with van der Waals surface area (Å²) >= 11 is 6.03. The van der Waals surface area contributed by atoms with Gasteiger partial charge in [-0.25, -0.2) is 19.9 Å². The van der Waals surface area contributed by atoms with Gasteiger partial charge in [0.15, 0.2) is 11.5 Å². The lowest BCUT2D eigenvalue weighted by Gasteiger charge is -2.36. The highest BCUT2D eigenvalue weighted by molar-refractivity contribution is 6.28. The van der Waals surface area contributed by atoms with E-state index in [1.165, 1.54) is 6.33 Å². The molecular formula is C13H13ClN8. The van der Waals surface area contributed by atoms with E-state index in [1.54, 1.807) is 12.4 Å². The third-order valence-electron chi connectivity index (χ3n) is 3.66. The fraction of sp³-hybridized carbons (Fsp3) is 0.308. The van der Waals surface area contributed by atoms with Crippen molar-refractivity contribution in [2.75, 3.05) is 36.0 Å². The second-order valence-corrected chi connectivity index (χ2v) is 5.30. The van der Waals surface area contributed by atoms with Crippen LogP contribution in [0, 0.1) is 0 Å². The Bertz CT molecular complexity index is 737. The molecule has 9 heteroatoms. The molecule has 22 heavy (non-hydrogen) atoms. The van der Waals surface area contributed by atoms with E-state index in [0.717, 1.165) is 43.6 Å². The van der Waals surface area contributed by atoms with Crippen molar-refractivity contribution in [2.24, 2.45) is 0 Å². The van der Waals surface area contributed by atoms with Crippen molar-refractivity contribution < 1.29 is 0 Å². The minimum absolute atomic E-state index is 0.317. The fourth-order valence-corrected chi connectivity index (χ4v) is 2.77. The van der Waals surface area contributed by atoms with Crippen LogP contribution in [0.3, 0.4) is 0 Å². The lowest BCUT2D eigenvalue weighted by atomic mass is 10.3. The first-order chi connectivity index (χ1) is 10.8. The molecule has 8 nitrogen and oxygen atoms in total. The van der Waals surface area contributed by atoms with Crippen LogP contribution in [0.2, 0.25) is 5.28 Å². The summed E-state index contributed by atoms with van der Waals surface area (Å²) in [6.07, 6.45) is 5.02. The molecular weight excluding hydrogens is 304 g/mol.